The topological polar surface area (TPSA) is 91.3 Å². The second kappa shape index (κ2) is 10.2. The Labute approximate surface area is 192 Å². The van der Waals surface area contributed by atoms with Crippen molar-refractivity contribution in [1.29, 1.82) is 0 Å². The minimum absolute atomic E-state index is 0.228. The van der Waals surface area contributed by atoms with Crippen molar-refractivity contribution in [3.05, 3.63) is 29.8 Å². The van der Waals surface area contributed by atoms with Gasteiger partial charge in [-0.05, 0) is 71.4 Å². The Balaban J connectivity index is 1.41. The molecule has 0 atom stereocenters. The lowest BCUT2D eigenvalue weighted by atomic mass is 9.87. The van der Waals surface area contributed by atoms with Crippen LogP contribution < -0.4 is 4.83 Å². The van der Waals surface area contributed by atoms with Gasteiger partial charge in [-0.1, -0.05) is 17.7 Å². The van der Waals surface area contributed by atoms with E-state index in [0.29, 0.717) is 19.0 Å². The number of rotatable bonds is 5. The highest BCUT2D eigenvalue weighted by molar-refractivity contribution is 7.89. The summed E-state index contributed by atoms with van der Waals surface area (Å²) in [7, 11) is -3.62. The summed E-state index contributed by atoms with van der Waals surface area (Å²) < 4.78 is 30.3. The highest BCUT2D eigenvalue weighted by Gasteiger charge is 2.28. The molecule has 1 N–H and O–H groups in total. The van der Waals surface area contributed by atoms with Gasteiger partial charge in [-0.3, -0.25) is 4.90 Å². The molecule has 32 heavy (non-hydrogen) atoms. The summed E-state index contributed by atoms with van der Waals surface area (Å²) in [6.07, 6.45) is 3.37. The average molecular weight is 465 g/mol. The van der Waals surface area contributed by atoms with Crippen molar-refractivity contribution in [3.8, 4) is 0 Å². The number of nitrogens with zero attached hydrogens (tertiary/aromatic N) is 3. The molecule has 8 nitrogen and oxygen atoms in total. The first-order valence-electron chi connectivity index (χ1n) is 11.4. The number of piperazine rings is 1. The van der Waals surface area contributed by atoms with E-state index >= 15 is 0 Å². The summed E-state index contributed by atoms with van der Waals surface area (Å²) in [5.41, 5.74) is 1.45. The molecule has 1 aromatic carbocycles. The SMILES string of the molecule is Cc1ccc(S(=O)(=O)NN=C2CCC(CN3CCN(C(=O)OC(C)(C)C)CC3)CC2)cc1. The van der Waals surface area contributed by atoms with Crippen molar-refractivity contribution in [2.45, 2.75) is 63.9 Å². The van der Waals surface area contributed by atoms with Gasteiger partial charge in [-0.2, -0.15) is 13.5 Å². The fraction of sp³-hybridized carbons (Fsp3) is 0.652. The predicted molar refractivity (Wildman–Crippen MR) is 125 cm³/mol. The van der Waals surface area contributed by atoms with Gasteiger partial charge >= 0.3 is 6.09 Å². The third-order valence-corrected chi connectivity index (χ3v) is 7.10. The number of aryl methyl sites for hydroxylation is 1. The molecule has 9 heteroatoms. The molecule has 2 aliphatic rings. The van der Waals surface area contributed by atoms with Crippen LogP contribution >= 0.6 is 0 Å². The van der Waals surface area contributed by atoms with E-state index in [9.17, 15) is 13.2 Å². The smallest absolute Gasteiger partial charge is 0.410 e. The van der Waals surface area contributed by atoms with Crippen LogP contribution in [0.1, 0.15) is 52.0 Å². The predicted octanol–water partition coefficient (Wildman–Crippen LogP) is 3.37. The van der Waals surface area contributed by atoms with Crippen LogP contribution in [0.15, 0.2) is 34.3 Å². The number of benzene rings is 1. The van der Waals surface area contributed by atoms with Gasteiger partial charge < -0.3 is 9.64 Å². The average Bonchev–Trinajstić information content (AvgIpc) is 2.73. The molecule has 3 rings (SSSR count). The van der Waals surface area contributed by atoms with Gasteiger partial charge in [0.05, 0.1) is 4.90 Å². The number of carbonyl (C=O) groups is 1. The Kier molecular flexibility index (Phi) is 7.82. The minimum Gasteiger partial charge on any atom is -0.444 e. The Morgan fingerprint density at radius 1 is 1.09 bits per heavy atom. The highest BCUT2D eigenvalue weighted by atomic mass is 32.2. The number of ether oxygens (including phenoxy) is 1. The van der Waals surface area contributed by atoms with Gasteiger partial charge in [0, 0.05) is 38.4 Å². The van der Waals surface area contributed by atoms with E-state index in [-0.39, 0.29) is 11.0 Å². The van der Waals surface area contributed by atoms with E-state index in [1.807, 2.05) is 27.7 Å². The molecule has 1 saturated heterocycles. The number of hydrogen-bond donors (Lipinski definition) is 1. The van der Waals surface area contributed by atoms with Crippen molar-refractivity contribution in [2.24, 2.45) is 11.0 Å². The van der Waals surface area contributed by atoms with Crippen LogP contribution in [-0.4, -0.2) is 68.3 Å². The van der Waals surface area contributed by atoms with Crippen LogP contribution in [0, 0.1) is 12.8 Å². The van der Waals surface area contributed by atoms with E-state index in [1.54, 1.807) is 29.2 Å². The number of amides is 1. The molecule has 1 aliphatic heterocycles. The monoisotopic (exact) mass is 464 g/mol. The molecule has 1 aromatic rings. The number of sulfonamides is 1. The Bertz CT molecular complexity index is 904. The van der Waals surface area contributed by atoms with E-state index in [4.69, 9.17) is 4.74 Å². The van der Waals surface area contributed by atoms with Gasteiger partial charge in [0.2, 0.25) is 0 Å². The molecule has 0 bridgehead atoms. The summed E-state index contributed by atoms with van der Waals surface area (Å²) in [6, 6.07) is 6.75. The van der Waals surface area contributed by atoms with Crippen LogP contribution in [0.5, 0.6) is 0 Å². The maximum atomic E-state index is 12.4. The fourth-order valence-corrected chi connectivity index (χ4v) is 4.85. The lowest BCUT2D eigenvalue weighted by Crippen LogP contribution is -2.51. The van der Waals surface area contributed by atoms with E-state index in [0.717, 1.165) is 56.6 Å². The molecular formula is C23H36N4O4S. The van der Waals surface area contributed by atoms with Crippen LogP contribution in [-0.2, 0) is 14.8 Å². The third kappa shape index (κ3) is 7.20. The summed E-state index contributed by atoms with van der Waals surface area (Å²) in [4.78, 5) is 19.0. The lowest BCUT2D eigenvalue weighted by Gasteiger charge is -2.37. The molecule has 1 aliphatic carbocycles. The molecule has 1 saturated carbocycles. The first-order chi connectivity index (χ1) is 15.0. The summed E-state index contributed by atoms with van der Waals surface area (Å²) >= 11 is 0. The van der Waals surface area contributed by atoms with Gasteiger partial charge in [0.25, 0.3) is 10.0 Å². The summed E-state index contributed by atoms with van der Waals surface area (Å²) in [5, 5.41) is 4.20. The van der Waals surface area contributed by atoms with Crippen molar-refractivity contribution in [3.63, 3.8) is 0 Å². The molecule has 2 fully saturated rings. The van der Waals surface area contributed by atoms with E-state index < -0.39 is 15.6 Å². The largest absolute Gasteiger partial charge is 0.444 e. The molecule has 1 heterocycles. The Morgan fingerprint density at radius 2 is 1.69 bits per heavy atom. The molecule has 0 spiro atoms. The van der Waals surface area contributed by atoms with Crippen LogP contribution in [0.4, 0.5) is 4.79 Å². The molecule has 0 aromatic heterocycles. The molecule has 0 radical (unpaired) electrons. The van der Waals surface area contributed by atoms with Crippen molar-refractivity contribution in [2.75, 3.05) is 32.7 Å². The van der Waals surface area contributed by atoms with E-state index in [1.165, 1.54) is 0 Å². The molecular weight excluding hydrogens is 428 g/mol. The zero-order valence-corrected chi connectivity index (χ0v) is 20.5. The zero-order chi connectivity index (χ0) is 23.4. The van der Waals surface area contributed by atoms with Gasteiger partial charge in [-0.15, -0.1) is 0 Å². The molecule has 1 amide bonds. The maximum Gasteiger partial charge on any atom is 0.410 e. The second-order valence-corrected chi connectivity index (χ2v) is 11.5. The second-order valence-electron chi connectivity index (χ2n) is 9.80. The maximum absolute atomic E-state index is 12.4. The Morgan fingerprint density at radius 3 is 2.25 bits per heavy atom. The van der Waals surface area contributed by atoms with Gasteiger partial charge in [0.1, 0.15) is 5.60 Å². The fourth-order valence-electron chi connectivity index (χ4n) is 4.00. The normalized spacial score (nSPS) is 20.7. The zero-order valence-electron chi connectivity index (χ0n) is 19.6. The first-order valence-corrected chi connectivity index (χ1v) is 12.8. The lowest BCUT2D eigenvalue weighted by molar-refractivity contribution is 0.0131. The van der Waals surface area contributed by atoms with Crippen LogP contribution in [0.3, 0.4) is 0 Å². The van der Waals surface area contributed by atoms with Crippen molar-refractivity contribution < 1.29 is 17.9 Å². The van der Waals surface area contributed by atoms with Crippen LogP contribution in [0.25, 0.3) is 0 Å². The minimum atomic E-state index is -3.62. The number of hydrazone groups is 1. The highest BCUT2D eigenvalue weighted by Crippen LogP contribution is 2.24. The van der Waals surface area contributed by atoms with Gasteiger partial charge in [0.15, 0.2) is 0 Å². The van der Waals surface area contributed by atoms with Crippen LogP contribution in [0.2, 0.25) is 0 Å². The standard InChI is InChI=1S/C23H36N4O4S/c1-18-5-11-21(12-6-18)32(29,30)25-24-20-9-7-19(8-10-20)17-26-13-15-27(16-14-26)22(28)31-23(2,3)4/h5-6,11-12,19,25H,7-10,13-17H2,1-4H3. The third-order valence-electron chi connectivity index (χ3n) is 5.88. The van der Waals surface area contributed by atoms with Crippen molar-refractivity contribution >= 4 is 21.8 Å². The summed E-state index contributed by atoms with van der Waals surface area (Å²) in [5.74, 6) is 0.565. The first kappa shape index (κ1) is 24.5. The summed E-state index contributed by atoms with van der Waals surface area (Å²) in [6.45, 7) is 11.7. The van der Waals surface area contributed by atoms with Gasteiger partial charge in [-0.25, -0.2) is 9.63 Å². The molecule has 0 unspecified atom stereocenters. The molecule has 178 valence electrons. The quantitative estimate of drug-likeness (QED) is 0.675. The number of nitrogens with one attached hydrogen (secondary N) is 1. The number of hydrogen-bond acceptors (Lipinski definition) is 6. The Hall–Kier alpha value is -2.13. The van der Waals surface area contributed by atoms with Crippen molar-refractivity contribution in [1.82, 2.24) is 14.6 Å². The number of carbonyl (C=O) groups excluding carboxylic acids is 1. The van der Waals surface area contributed by atoms with E-state index in [2.05, 4.69) is 14.8 Å².